The molecular weight excluding hydrogens is 473 g/mol. The molecule has 3 N–H and O–H groups in total. The van der Waals surface area contributed by atoms with E-state index in [2.05, 4.69) is 0 Å². The van der Waals surface area contributed by atoms with Crippen LogP contribution in [0.2, 0.25) is 0 Å². The number of pyridine rings is 1. The number of nitrogens with zero attached hydrogens (tertiary/aromatic N) is 3. The summed E-state index contributed by atoms with van der Waals surface area (Å²) >= 11 is 0. The monoisotopic (exact) mass is 503 g/mol. The molecule has 37 heavy (non-hydrogen) atoms. The van der Waals surface area contributed by atoms with Gasteiger partial charge >= 0.3 is 5.97 Å². The second-order valence-corrected chi connectivity index (χ2v) is 9.40. The molecule has 0 bridgehead atoms. The number of aryl methyl sites for hydroxylation is 1. The van der Waals surface area contributed by atoms with Gasteiger partial charge in [0.15, 0.2) is 5.65 Å². The largest absolute Gasteiger partial charge is 0.481 e. The van der Waals surface area contributed by atoms with Gasteiger partial charge in [-0.3, -0.25) is 4.79 Å². The summed E-state index contributed by atoms with van der Waals surface area (Å²) in [6.07, 6.45) is 0.456. The van der Waals surface area contributed by atoms with Gasteiger partial charge in [0.05, 0.1) is 29.7 Å². The number of aliphatic carboxylic acids is 1. The number of aromatic nitrogens is 3. The highest BCUT2D eigenvalue weighted by Crippen LogP contribution is 2.41. The summed E-state index contributed by atoms with van der Waals surface area (Å²) in [5, 5.41) is 35.0. The van der Waals surface area contributed by atoms with Crippen molar-refractivity contribution in [3.63, 3.8) is 0 Å². The molecule has 0 saturated carbocycles. The van der Waals surface area contributed by atoms with E-state index in [0.29, 0.717) is 5.65 Å². The van der Waals surface area contributed by atoms with Crippen LogP contribution in [0.1, 0.15) is 43.9 Å². The third-order valence-electron chi connectivity index (χ3n) is 6.17. The molecule has 0 aliphatic carbocycles. The average Bonchev–Trinajstić information content (AvgIpc) is 3.18. The predicted molar refractivity (Wildman–Crippen MR) is 141 cm³/mol. The third-order valence-corrected chi connectivity index (χ3v) is 6.17. The number of rotatable bonds is 9. The van der Waals surface area contributed by atoms with Gasteiger partial charge in [-0.25, -0.2) is 14.1 Å². The van der Waals surface area contributed by atoms with Crippen molar-refractivity contribution in [2.45, 2.75) is 44.8 Å². The first kappa shape index (κ1) is 26.2. The molecule has 8 heteroatoms. The highest BCUT2D eigenvalue weighted by atomic mass is 19.1. The van der Waals surface area contributed by atoms with Crippen molar-refractivity contribution in [3.8, 4) is 22.4 Å². The maximum absolute atomic E-state index is 13.9. The van der Waals surface area contributed by atoms with Crippen LogP contribution < -0.4 is 0 Å². The number of hydrogen-bond donors (Lipinski definition) is 3. The van der Waals surface area contributed by atoms with Gasteiger partial charge in [-0.15, -0.1) is 0 Å². The lowest BCUT2D eigenvalue weighted by Gasteiger charge is -2.17. The first-order valence-corrected chi connectivity index (χ1v) is 12.1. The number of benzene rings is 2. The van der Waals surface area contributed by atoms with Gasteiger partial charge in [-0.2, -0.15) is 5.10 Å². The van der Waals surface area contributed by atoms with E-state index in [0.717, 1.165) is 39.0 Å². The Labute approximate surface area is 214 Å². The maximum Gasteiger partial charge on any atom is 0.305 e. The van der Waals surface area contributed by atoms with Crippen molar-refractivity contribution in [2.24, 2.45) is 7.05 Å². The van der Waals surface area contributed by atoms with Crippen LogP contribution in [-0.2, 0) is 11.8 Å². The third kappa shape index (κ3) is 5.76. The molecule has 0 aliphatic heterocycles. The van der Waals surface area contributed by atoms with Gasteiger partial charge < -0.3 is 15.3 Å². The average molecular weight is 504 g/mol. The van der Waals surface area contributed by atoms with E-state index < -0.39 is 24.6 Å². The molecule has 0 aliphatic rings. The van der Waals surface area contributed by atoms with Crippen LogP contribution in [0, 0.1) is 5.82 Å². The zero-order chi connectivity index (χ0) is 26.7. The minimum absolute atomic E-state index is 0.00747. The van der Waals surface area contributed by atoms with Crippen LogP contribution in [0.5, 0.6) is 0 Å². The fourth-order valence-electron chi connectivity index (χ4n) is 4.48. The zero-order valence-corrected chi connectivity index (χ0v) is 21.0. The fraction of sp³-hybridized carbons (Fsp3) is 0.276. The lowest BCUT2D eigenvalue weighted by Crippen LogP contribution is -2.19. The van der Waals surface area contributed by atoms with Gasteiger partial charge in [0.25, 0.3) is 0 Å². The number of fused-ring (bicyclic) bond motifs is 1. The second-order valence-electron chi connectivity index (χ2n) is 9.40. The summed E-state index contributed by atoms with van der Waals surface area (Å²) in [5.41, 5.74) is 5.39. The molecule has 2 heterocycles. The zero-order valence-electron chi connectivity index (χ0n) is 21.0. The molecule has 2 atom stereocenters. The van der Waals surface area contributed by atoms with E-state index in [4.69, 9.17) is 15.2 Å². The maximum atomic E-state index is 13.9. The molecule has 2 aromatic carbocycles. The summed E-state index contributed by atoms with van der Waals surface area (Å²) in [4.78, 5) is 15.9. The topological polar surface area (TPSA) is 108 Å². The van der Waals surface area contributed by atoms with Crippen molar-refractivity contribution in [2.75, 3.05) is 0 Å². The summed E-state index contributed by atoms with van der Waals surface area (Å²) in [6.45, 7) is 4.03. The van der Waals surface area contributed by atoms with Gasteiger partial charge in [-0.05, 0) is 23.6 Å². The van der Waals surface area contributed by atoms with Crippen LogP contribution >= 0.6 is 0 Å². The molecule has 0 saturated heterocycles. The quantitative estimate of drug-likeness (QED) is 0.291. The molecule has 2 aromatic heterocycles. The number of halogens is 1. The van der Waals surface area contributed by atoms with Crippen LogP contribution in [0.4, 0.5) is 4.39 Å². The number of aliphatic hydroxyl groups excluding tert-OH is 2. The molecule has 0 fully saturated rings. The Morgan fingerprint density at radius 2 is 1.73 bits per heavy atom. The first-order valence-electron chi connectivity index (χ1n) is 12.1. The molecule has 4 aromatic rings. The van der Waals surface area contributed by atoms with Gasteiger partial charge in [0.2, 0.25) is 0 Å². The Kier molecular flexibility index (Phi) is 7.80. The SMILES string of the molecule is CC(C)c1nc2c(c(-c3ccccc3)nn2C)c(-c2ccc(F)cc2)c1/C=C/C(O)CC(O)CC(=O)O. The fourth-order valence-corrected chi connectivity index (χ4v) is 4.48. The molecule has 7 nitrogen and oxygen atoms in total. The van der Waals surface area contributed by atoms with Gasteiger partial charge in [-0.1, -0.05) is 68.5 Å². The van der Waals surface area contributed by atoms with Gasteiger partial charge in [0.1, 0.15) is 11.5 Å². The molecular formula is C29H30FN3O4. The molecule has 4 rings (SSSR count). The summed E-state index contributed by atoms with van der Waals surface area (Å²) in [5.74, 6) is -1.48. The second kappa shape index (κ2) is 11.0. The number of carboxylic acids is 1. The Hall–Kier alpha value is -3.88. The smallest absolute Gasteiger partial charge is 0.305 e. The van der Waals surface area contributed by atoms with Crippen molar-refractivity contribution >= 4 is 23.1 Å². The normalized spacial score (nSPS) is 13.5. The number of carboxylic acid groups (broad SMARTS) is 1. The van der Waals surface area contributed by atoms with E-state index in [-0.39, 0.29) is 18.2 Å². The van der Waals surface area contributed by atoms with Crippen molar-refractivity contribution < 1.29 is 24.5 Å². The van der Waals surface area contributed by atoms with Crippen LogP contribution in [-0.4, -0.2) is 48.3 Å². The van der Waals surface area contributed by atoms with Crippen LogP contribution in [0.25, 0.3) is 39.5 Å². The number of carbonyl (C=O) groups is 1. The van der Waals surface area contributed by atoms with Crippen molar-refractivity contribution in [3.05, 3.63) is 77.7 Å². The Morgan fingerprint density at radius 3 is 2.35 bits per heavy atom. The predicted octanol–water partition coefficient (Wildman–Crippen LogP) is 5.16. The van der Waals surface area contributed by atoms with Crippen LogP contribution in [0.3, 0.4) is 0 Å². The molecule has 0 radical (unpaired) electrons. The standard InChI is InChI=1S/C29H30FN3O4/c1-17(2)27-23(14-13-21(34)15-22(35)16-24(36)37)25(18-9-11-20(30)12-10-18)26-28(19-7-5-4-6-8-19)32-33(3)29(26)31-27/h4-14,17,21-22,34-35H,15-16H2,1-3H3,(H,36,37)/b14-13+. The Morgan fingerprint density at radius 1 is 1.05 bits per heavy atom. The lowest BCUT2D eigenvalue weighted by atomic mass is 9.90. The van der Waals surface area contributed by atoms with Gasteiger partial charge in [0, 0.05) is 30.2 Å². The highest BCUT2D eigenvalue weighted by Gasteiger charge is 2.24. The minimum atomic E-state index is -1.18. The molecule has 0 amide bonds. The Balaban J connectivity index is 1.97. The number of aliphatic hydroxyl groups is 2. The number of hydrogen-bond acceptors (Lipinski definition) is 5. The minimum Gasteiger partial charge on any atom is -0.481 e. The van der Waals surface area contributed by atoms with Crippen molar-refractivity contribution in [1.29, 1.82) is 0 Å². The summed E-state index contributed by atoms with van der Waals surface area (Å²) in [7, 11) is 1.84. The first-order chi connectivity index (χ1) is 17.7. The summed E-state index contributed by atoms with van der Waals surface area (Å²) < 4.78 is 15.6. The highest BCUT2D eigenvalue weighted by molar-refractivity contribution is 6.06. The van der Waals surface area contributed by atoms with E-state index in [1.165, 1.54) is 18.2 Å². The lowest BCUT2D eigenvalue weighted by molar-refractivity contribution is -0.139. The van der Waals surface area contributed by atoms with Crippen LogP contribution in [0.15, 0.2) is 60.7 Å². The van der Waals surface area contributed by atoms with Crippen molar-refractivity contribution in [1.82, 2.24) is 14.8 Å². The van der Waals surface area contributed by atoms with E-state index >= 15 is 0 Å². The molecule has 2 unspecified atom stereocenters. The van der Waals surface area contributed by atoms with E-state index in [9.17, 15) is 19.4 Å². The molecule has 192 valence electrons. The summed E-state index contributed by atoms with van der Waals surface area (Å²) in [6, 6.07) is 16.0. The Bertz CT molecular complexity index is 1430. The van der Waals surface area contributed by atoms with E-state index in [1.54, 1.807) is 22.9 Å². The van der Waals surface area contributed by atoms with E-state index in [1.807, 2.05) is 51.2 Å². The molecule has 0 spiro atoms.